The smallest absolute Gasteiger partial charge is 0.00933 e. The molecule has 0 radical (unpaired) electrons. The standard InChI is InChI=1S/C14H16/c1-10-7-8-12-13(9-10)14(12)11-5-3-2-4-6-11/h2-7,12-14H,8-9H2,1H3/t12-,13+,14+/m0/s1. The van der Waals surface area contributed by atoms with Crippen LogP contribution in [0.25, 0.3) is 0 Å². The Morgan fingerprint density at radius 3 is 2.57 bits per heavy atom. The summed E-state index contributed by atoms with van der Waals surface area (Å²) in [6, 6.07) is 11.0. The minimum atomic E-state index is 0.866. The van der Waals surface area contributed by atoms with Crippen molar-refractivity contribution in [3.05, 3.63) is 47.5 Å². The largest absolute Gasteiger partial charge is 0.0853 e. The molecular formula is C14H16. The molecule has 72 valence electrons. The van der Waals surface area contributed by atoms with Crippen LogP contribution in [0.2, 0.25) is 0 Å². The summed E-state index contributed by atoms with van der Waals surface area (Å²) in [4.78, 5) is 0. The van der Waals surface area contributed by atoms with Gasteiger partial charge in [-0.1, -0.05) is 42.0 Å². The molecule has 2 aliphatic carbocycles. The van der Waals surface area contributed by atoms with E-state index in [1.165, 1.54) is 12.8 Å². The van der Waals surface area contributed by atoms with Gasteiger partial charge in [-0.3, -0.25) is 0 Å². The van der Waals surface area contributed by atoms with Crippen molar-refractivity contribution < 1.29 is 0 Å². The second-order valence-electron chi connectivity index (χ2n) is 4.75. The van der Waals surface area contributed by atoms with Gasteiger partial charge in [-0.25, -0.2) is 0 Å². The van der Waals surface area contributed by atoms with Crippen molar-refractivity contribution in [3.8, 4) is 0 Å². The first-order valence-corrected chi connectivity index (χ1v) is 5.57. The Balaban J connectivity index is 1.81. The van der Waals surface area contributed by atoms with Crippen LogP contribution in [0.4, 0.5) is 0 Å². The van der Waals surface area contributed by atoms with Gasteiger partial charge in [-0.15, -0.1) is 0 Å². The first-order chi connectivity index (χ1) is 6.86. The van der Waals surface area contributed by atoms with Crippen molar-refractivity contribution in [2.75, 3.05) is 0 Å². The van der Waals surface area contributed by atoms with E-state index in [-0.39, 0.29) is 0 Å². The minimum absolute atomic E-state index is 0.866. The van der Waals surface area contributed by atoms with Gasteiger partial charge in [0.15, 0.2) is 0 Å². The van der Waals surface area contributed by atoms with E-state index in [9.17, 15) is 0 Å². The van der Waals surface area contributed by atoms with E-state index in [4.69, 9.17) is 0 Å². The predicted octanol–water partition coefficient (Wildman–Crippen LogP) is 3.76. The fraction of sp³-hybridized carbons (Fsp3) is 0.429. The van der Waals surface area contributed by atoms with Crippen LogP contribution in [0.1, 0.15) is 31.2 Å². The first kappa shape index (κ1) is 8.28. The van der Waals surface area contributed by atoms with Gasteiger partial charge in [0.25, 0.3) is 0 Å². The van der Waals surface area contributed by atoms with E-state index in [1.54, 1.807) is 11.1 Å². The molecule has 0 unspecified atom stereocenters. The van der Waals surface area contributed by atoms with Crippen LogP contribution in [0, 0.1) is 11.8 Å². The molecule has 1 fully saturated rings. The van der Waals surface area contributed by atoms with Crippen molar-refractivity contribution in [2.45, 2.75) is 25.7 Å². The summed E-state index contributed by atoms with van der Waals surface area (Å²) < 4.78 is 0. The minimum Gasteiger partial charge on any atom is -0.0853 e. The van der Waals surface area contributed by atoms with Crippen LogP contribution in [-0.2, 0) is 0 Å². The lowest BCUT2D eigenvalue weighted by Crippen LogP contribution is -1.90. The Bertz CT molecular complexity index is 361. The molecule has 3 atom stereocenters. The van der Waals surface area contributed by atoms with Crippen molar-refractivity contribution in [3.63, 3.8) is 0 Å². The summed E-state index contributed by atoms with van der Waals surface area (Å²) in [5, 5.41) is 0. The molecule has 1 aromatic carbocycles. The Morgan fingerprint density at radius 1 is 1.07 bits per heavy atom. The van der Waals surface area contributed by atoms with E-state index in [1.807, 2.05) is 0 Å². The van der Waals surface area contributed by atoms with E-state index < -0.39 is 0 Å². The lowest BCUT2D eigenvalue weighted by Gasteiger charge is -2.04. The molecule has 0 spiro atoms. The fourth-order valence-corrected chi connectivity index (χ4v) is 3.01. The Kier molecular flexibility index (Phi) is 1.76. The molecule has 0 nitrogen and oxygen atoms in total. The highest BCUT2D eigenvalue weighted by molar-refractivity contribution is 5.31. The van der Waals surface area contributed by atoms with Gasteiger partial charge in [-0.05, 0) is 43.1 Å². The number of allylic oxidation sites excluding steroid dienone is 2. The van der Waals surface area contributed by atoms with Crippen molar-refractivity contribution in [2.24, 2.45) is 11.8 Å². The molecule has 2 aliphatic rings. The van der Waals surface area contributed by atoms with Gasteiger partial charge in [0, 0.05) is 0 Å². The average Bonchev–Trinajstić information content (AvgIpc) is 2.92. The molecule has 0 aliphatic heterocycles. The van der Waals surface area contributed by atoms with Gasteiger partial charge in [0.1, 0.15) is 0 Å². The Labute approximate surface area is 85.6 Å². The van der Waals surface area contributed by atoms with Gasteiger partial charge >= 0.3 is 0 Å². The second kappa shape index (κ2) is 2.98. The molecule has 1 aromatic rings. The number of rotatable bonds is 1. The molecule has 0 N–H and O–H groups in total. The molecule has 0 amide bonds. The molecular weight excluding hydrogens is 168 g/mol. The Morgan fingerprint density at radius 2 is 1.86 bits per heavy atom. The van der Waals surface area contributed by atoms with Gasteiger partial charge in [0.2, 0.25) is 0 Å². The SMILES string of the molecule is CC1=CC[C@H]2[C@@H](C1)[C@@H]2c1ccccc1. The lowest BCUT2D eigenvalue weighted by atomic mass is 10.0. The number of fused-ring (bicyclic) bond motifs is 1. The topological polar surface area (TPSA) is 0 Å². The maximum absolute atomic E-state index is 2.43. The highest BCUT2D eigenvalue weighted by atomic mass is 14.5. The predicted molar refractivity (Wildman–Crippen MR) is 59.2 cm³/mol. The fourth-order valence-electron chi connectivity index (χ4n) is 3.01. The van der Waals surface area contributed by atoms with E-state index in [2.05, 4.69) is 43.3 Å². The third-order valence-corrected chi connectivity index (χ3v) is 3.81. The molecule has 1 saturated carbocycles. The molecule has 14 heavy (non-hydrogen) atoms. The lowest BCUT2D eigenvalue weighted by molar-refractivity contribution is 0.663. The highest BCUT2D eigenvalue weighted by Gasteiger charge is 2.50. The summed E-state index contributed by atoms with van der Waals surface area (Å²) in [6.45, 7) is 2.27. The molecule has 0 bridgehead atoms. The van der Waals surface area contributed by atoms with Crippen molar-refractivity contribution in [1.29, 1.82) is 0 Å². The van der Waals surface area contributed by atoms with Crippen molar-refractivity contribution >= 4 is 0 Å². The van der Waals surface area contributed by atoms with E-state index in [0.29, 0.717) is 0 Å². The summed E-state index contributed by atoms with van der Waals surface area (Å²) in [5.74, 6) is 2.79. The third-order valence-electron chi connectivity index (χ3n) is 3.81. The highest BCUT2D eigenvalue weighted by Crippen LogP contribution is 2.60. The van der Waals surface area contributed by atoms with Gasteiger partial charge in [-0.2, -0.15) is 0 Å². The quantitative estimate of drug-likeness (QED) is 0.583. The van der Waals surface area contributed by atoms with Crippen LogP contribution in [0.5, 0.6) is 0 Å². The Hall–Kier alpha value is -1.04. The summed E-state index contributed by atoms with van der Waals surface area (Å²) in [7, 11) is 0. The zero-order chi connectivity index (χ0) is 9.54. The average molecular weight is 184 g/mol. The number of hydrogen-bond donors (Lipinski definition) is 0. The number of benzene rings is 1. The normalized spacial score (nSPS) is 34.6. The van der Waals surface area contributed by atoms with Crippen LogP contribution in [0.3, 0.4) is 0 Å². The molecule has 0 heterocycles. The molecule has 0 aromatic heterocycles. The summed E-state index contributed by atoms with van der Waals surface area (Å²) in [5.41, 5.74) is 3.16. The van der Waals surface area contributed by atoms with Crippen LogP contribution in [0.15, 0.2) is 42.0 Å². The summed E-state index contributed by atoms with van der Waals surface area (Å²) >= 11 is 0. The zero-order valence-corrected chi connectivity index (χ0v) is 8.61. The zero-order valence-electron chi connectivity index (χ0n) is 8.61. The number of hydrogen-bond acceptors (Lipinski definition) is 0. The monoisotopic (exact) mass is 184 g/mol. The maximum Gasteiger partial charge on any atom is -0.00933 e. The maximum atomic E-state index is 2.43. The first-order valence-electron chi connectivity index (χ1n) is 5.57. The summed E-state index contributed by atoms with van der Waals surface area (Å²) in [6.07, 6.45) is 5.09. The molecule has 0 heteroatoms. The van der Waals surface area contributed by atoms with Crippen LogP contribution < -0.4 is 0 Å². The van der Waals surface area contributed by atoms with Crippen LogP contribution in [-0.4, -0.2) is 0 Å². The van der Waals surface area contributed by atoms with Gasteiger partial charge < -0.3 is 0 Å². The van der Waals surface area contributed by atoms with Gasteiger partial charge in [0.05, 0.1) is 0 Å². The van der Waals surface area contributed by atoms with Crippen molar-refractivity contribution in [1.82, 2.24) is 0 Å². The van der Waals surface area contributed by atoms with E-state index in [0.717, 1.165) is 17.8 Å². The molecule has 0 saturated heterocycles. The molecule has 3 rings (SSSR count). The second-order valence-corrected chi connectivity index (χ2v) is 4.75. The van der Waals surface area contributed by atoms with E-state index >= 15 is 0 Å². The van der Waals surface area contributed by atoms with Crippen LogP contribution >= 0.6 is 0 Å². The third kappa shape index (κ3) is 1.21.